The summed E-state index contributed by atoms with van der Waals surface area (Å²) in [5.74, 6) is 0. The molecule has 1 atom stereocenters. The third-order valence-electron chi connectivity index (χ3n) is 4.30. The molecule has 2 aromatic rings. The fourth-order valence-electron chi connectivity index (χ4n) is 3.19. The summed E-state index contributed by atoms with van der Waals surface area (Å²) in [5, 5.41) is 14.3. The van der Waals surface area contributed by atoms with Gasteiger partial charge in [0.05, 0.1) is 27.3 Å². The first-order valence-electron chi connectivity index (χ1n) is 6.75. The Morgan fingerprint density at radius 3 is 2.85 bits per heavy atom. The monoisotopic (exact) mass is 329 g/mol. The van der Waals surface area contributed by atoms with Gasteiger partial charge in [-0.1, -0.05) is 24.3 Å². The predicted molar refractivity (Wildman–Crippen MR) is 81.4 cm³/mol. The van der Waals surface area contributed by atoms with Gasteiger partial charge >= 0.3 is 0 Å². The van der Waals surface area contributed by atoms with Crippen LogP contribution in [-0.4, -0.2) is 9.78 Å². The van der Waals surface area contributed by atoms with Crippen LogP contribution in [0.5, 0.6) is 0 Å². The largest absolute Gasteiger partial charge is 0.271 e. The van der Waals surface area contributed by atoms with Gasteiger partial charge in [-0.05, 0) is 46.8 Å². The normalized spacial score (nSPS) is 20.7. The first-order chi connectivity index (χ1) is 9.57. The highest BCUT2D eigenvalue weighted by atomic mass is 79.9. The standard InChI is InChI=1S/C16H16BrN3/c1-11-15(17)14(20(2)19-11)9-16(10-18)8-7-12-5-3-4-6-13(12)16/h3-6H,7-9H2,1-2H3. The topological polar surface area (TPSA) is 41.6 Å². The Labute approximate surface area is 127 Å². The second kappa shape index (κ2) is 4.75. The molecule has 0 N–H and O–H groups in total. The van der Waals surface area contributed by atoms with Crippen molar-refractivity contribution in [2.24, 2.45) is 7.05 Å². The summed E-state index contributed by atoms with van der Waals surface area (Å²) in [6.07, 6.45) is 2.58. The van der Waals surface area contributed by atoms with Gasteiger partial charge in [0.25, 0.3) is 0 Å². The quantitative estimate of drug-likeness (QED) is 0.846. The highest BCUT2D eigenvalue weighted by Crippen LogP contribution is 2.42. The van der Waals surface area contributed by atoms with Crippen molar-refractivity contribution in [3.8, 4) is 6.07 Å². The third kappa shape index (κ3) is 1.89. The van der Waals surface area contributed by atoms with Gasteiger partial charge in [0.15, 0.2) is 0 Å². The number of nitrogens with zero attached hydrogens (tertiary/aromatic N) is 3. The molecule has 0 amide bonds. The van der Waals surface area contributed by atoms with E-state index in [0.717, 1.165) is 28.7 Å². The molecule has 20 heavy (non-hydrogen) atoms. The number of hydrogen-bond donors (Lipinski definition) is 0. The van der Waals surface area contributed by atoms with Gasteiger partial charge in [-0.3, -0.25) is 4.68 Å². The number of aromatic nitrogens is 2. The maximum absolute atomic E-state index is 9.82. The van der Waals surface area contributed by atoms with Crippen LogP contribution in [0.4, 0.5) is 0 Å². The van der Waals surface area contributed by atoms with Gasteiger partial charge in [0.1, 0.15) is 0 Å². The highest BCUT2D eigenvalue weighted by Gasteiger charge is 2.40. The summed E-state index contributed by atoms with van der Waals surface area (Å²) >= 11 is 3.61. The number of benzene rings is 1. The summed E-state index contributed by atoms with van der Waals surface area (Å²) in [4.78, 5) is 0. The van der Waals surface area contributed by atoms with Gasteiger partial charge in [0, 0.05) is 13.5 Å². The molecule has 3 nitrogen and oxygen atoms in total. The Morgan fingerprint density at radius 2 is 2.20 bits per heavy atom. The van der Waals surface area contributed by atoms with Crippen LogP contribution < -0.4 is 0 Å². The summed E-state index contributed by atoms with van der Waals surface area (Å²) in [5.41, 5.74) is 4.15. The van der Waals surface area contributed by atoms with E-state index in [1.54, 1.807) is 0 Å². The van der Waals surface area contributed by atoms with Gasteiger partial charge in [-0.2, -0.15) is 10.4 Å². The molecule has 1 aromatic heterocycles. The van der Waals surface area contributed by atoms with Crippen molar-refractivity contribution in [3.05, 3.63) is 51.3 Å². The van der Waals surface area contributed by atoms with Gasteiger partial charge < -0.3 is 0 Å². The molecule has 0 radical (unpaired) electrons. The third-order valence-corrected chi connectivity index (χ3v) is 5.33. The van der Waals surface area contributed by atoms with Crippen molar-refractivity contribution in [2.45, 2.75) is 31.6 Å². The molecular weight excluding hydrogens is 314 g/mol. The average molecular weight is 330 g/mol. The fraction of sp³-hybridized carbons (Fsp3) is 0.375. The second-order valence-corrected chi connectivity index (χ2v) is 6.29. The fourth-order valence-corrected chi connectivity index (χ4v) is 3.66. The van der Waals surface area contributed by atoms with Crippen molar-refractivity contribution >= 4 is 15.9 Å². The molecule has 0 fully saturated rings. The Morgan fingerprint density at radius 1 is 1.45 bits per heavy atom. The Balaban J connectivity index is 2.07. The molecular formula is C16H16BrN3. The smallest absolute Gasteiger partial charge is 0.0883 e. The Hall–Kier alpha value is -1.60. The van der Waals surface area contributed by atoms with E-state index in [0.29, 0.717) is 6.42 Å². The minimum absolute atomic E-state index is 0.417. The lowest BCUT2D eigenvalue weighted by atomic mass is 9.79. The predicted octanol–water partition coefficient (Wildman–Crippen LogP) is 3.44. The number of aryl methyl sites for hydroxylation is 3. The zero-order valence-corrected chi connectivity index (χ0v) is 13.2. The van der Waals surface area contributed by atoms with E-state index in [1.165, 1.54) is 11.1 Å². The minimum Gasteiger partial charge on any atom is -0.271 e. The van der Waals surface area contributed by atoms with E-state index in [-0.39, 0.29) is 0 Å². The molecule has 0 spiro atoms. The molecule has 0 saturated heterocycles. The summed E-state index contributed by atoms with van der Waals surface area (Å²) in [6, 6.07) is 10.9. The molecule has 1 unspecified atom stereocenters. The molecule has 4 heteroatoms. The molecule has 0 saturated carbocycles. The Bertz CT molecular complexity index is 711. The Kier molecular flexibility index (Phi) is 3.18. The van der Waals surface area contributed by atoms with Crippen LogP contribution in [0, 0.1) is 18.3 Å². The van der Waals surface area contributed by atoms with E-state index in [9.17, 15) is 5.26 Å². The molecule has 0 bridgehead atoms. The molecule has 0 aliphatic heterocycles. The maximum Gasteiger partial charge on any atom is 0.0883 e. The number of rotatable bonds is 2. The lowest BCUT2D eigenvalue weighted by molar-refractivity contribution is 0.515. The lowest BCUT2D eigenvalue weighted by Crippen LogP contribution is -2.25. The van der Waals surface area contributed by atoms with E-state index < -0.39 is 5.41 Å². The first kappa shape index (κ1) is 13.4. The van der Waals surface area contributed by atoms with Crippen LogP contribution in [0.25, 0.3) is 0 Å². The molecule has 1 heterocycles. The first-order valence-corrected chi connectivity index (χ1v) is 7.54. The van der Waals surface area contributed by atoms with Crippen LogP contribution >= 0.6 is 15.9 Å². The molecule has 1 aliphatic rings. The lowest BCUT2D eigenvalue weighted by Gasteiger charge is -2.22. The summed E-state index contributed by atoms with van der Waals surface area (Å²) in [6.45, 7) is 1.98. The van der Waals surface area contributed by atoms with E-state index in [2.05, 4.69) is 45.3 Å². The van der Waals surface area contributed by atoms with Gasteiger partial charge in [-0.15, -0.1) is 0 Å². The van der Waals surface area contributed by atoms with Crippen LogP contribution in [0.15, 0.2) is 28.7 Å². The molecule has 3 rings (SSSR count). The summed E-state index contributed by atoms with van der Waals surface area (Å²) < 4.78 is 2.92. The van der Waals surface area contributed by atoms with Gasteiger partial charge in [-0.25, -0.2) is 0 Å². The van der Waals surface area contributed by atoms with E-state index >= 15 is 0 Å². The summed E-state index contributed by atoms with van der Waals surface area (Å²) in [7, 11) is 1.94. The minimum atomic E-state index is -0.417. The SMILES string of the molecule is Cc1nn(C)c(CC2(C#N)CCc3ccccc32)c1Br. The number of fused-ring (bicyclic) bond motifs is 1. The number of halogens is 1. The van der Waals surface area contributed by atoms with Crippen LogP contribution in [0.1, 0.15) is 28.9 Å². The van der Waals surface area contributed by atoms with Crippen molar-refractivity contribution in [2.75, 3.05) is 0 Å². The number of hydrogen-bond acceptors (Lipinski definition) is 2. The van der Waals surface area contributed by atoms with Crippen molar-refractivity contribution < 1.29 is 0 Å². The van der Waals surface area contributed by atoms with Crippen molar-refractivity contribution in [1.29, 1.82) is 5.26 Å². The zero-order chi connectivity index (χ0) is 14.3. The van der Waals surface area contributed by atoms with Crippen molar-refractivity contribution in [1.82, 2.24) is 9.78 Å². The van der Waals surface area contributed by atoms with Crippen LogP contribution in [0.2, 0.25) is 0 Å². The van der Waals surface area contributed by atoms with Gasteiger partial charge in [0.2, 0.25) is 0 Å². The molecule has 1 aliphatic carbocycles. The van der Waals surface area contributed by atoms with Crippen LogP contribution in [-0.2, 0) is 25.3 Å². The van der Waals surface area contributed by atoms with E-state index in [1.807, 2.05) is 24.7 Å². The van der Waals surface area contributed by atoms with E-state index in [4.69, 9.17) is 0 Å². The van der Waals surface area contributed by atoms with Crippen LogP contribution in [0.3, 0.4) is 0 Å². The molecule has 102 valence electrons. The second-order valence-electron chi connectivity index (χ2n) is 5.50. The van der Waals surface area contributed by atoms with Crippen molar-refractivity contribution in [3.63, 3.8) is 0 Å². The number of nitriles is 1. The maximum atomic E-state index is 9.82. The zero-order valence-electron chi connectivity index (χ0n) is 11.7. The highest BCUT2D eigenvalue weighted by molar-refractivity contribution is 9.10. The molecule has 1 aromatic carbocycles. The average Bonchev–Trinajstić information content (AvgIpc) is 2.93.